The molecule has 1 aliphatic carbocycles. The molecule has 1 aromatic carbocycles. The summed E-state index contributed by atoms with van der Waals surface area (Å²) in [5.74, 6) is -0.0598. The van der Waals surface area contributed by atoms with Crippen LogP contribution in [0.2, 0.25) is 5.02 Å². The molecule has 0 radical (unpaired) electrons. The fourth-order valence-corrected chi connectivity index (χ4v) is 3.20. The number of benzene rings is 1. The Kier molecular flexibility index (Phi) is 4.44. The van der Waals surface area contributed by atoms with Crippen LogP contribution in [0, 0.1) is 5.41 Å². The molecule has 120 valence electrons. The van der Waals surface area contributed by atoms with Crippen LogP contribution < -0.4 is 0 Å². The van der Waals surface area contributed by atoms with Gasteiger partial charge in [0.25, 0.3) is 5.91 Å². The van der Waals surface area contributed by atoms with Gasteiger partial charge in [-0.1, -0.05) is 42.6 Å². The molecule has 1 amide bonds. The molecular weight excluding hydrogens is 302 g/mol. The van der Waals surface area contributed by atoms with E-state index in [0.717, 1.165) is 18.4 Å². The smallest absolute Gasteiger partial charge is 0.257 e. The number of hydrogen-bond donors (Lipinski definition) is 0. The second kappa shape index (κ2) is 6.19. The maximum absolute atomic E-state index is 12.6. The average molecular weight is 324 g/mol. The van der Waals surface area contributed by atoms with Crippen molar-refractivity contribution in [1.29, 1.82) is 0 Å². The summed E-state index contributed by atoms with van der Waals surface area (Å²) in [5.41, 5.74) is 0.193. The molecule has 2 fully saturated rings. The Morgan fingerprint density at radius 2 is 2.00 bits per heavy atom. The van der Waals surface area contributed by atoms with Crippen molar-refractivity contribution < 1.29 is 14.4 Å². The lowest BCUT2D eigenvalue weighted by molar-refractivity contribution is -0.261. The lowest BCUT2D eigenvalue weighted by atomic mass is 9.92. The van der Waals surface area contributed by atoms with Crippen LogP contribution in [0.25, 0.3) is 0 Å². The summed E-state index contributed by atoms with van der Waals surface area (Å²) in [6.45, 7) is 4.09. The van der Waals surface area contributed by atoms with Crippen LogP contribution in [0.5, 0.6) is 0 Å². The molecule has 0 bridgehead atoms. The van der Waals surface area contributed by atoms with Gasteiger partial charge in [-0.2, -0.15) is 0 Å². The number of rotatable bonds is 4. The van der Waals surface area contributed by atoms with E-state index < -0.39 is 11.7 Å². The van der Waals surface area contributed by atoms with Crippen molar-refractivity contribution in [2.75, 3.05) is 0 Å². The molecule has 2 aliphatic rings. The summed E-state index contributed by atoms with van der Waals surface area (Å²) in [4.78, 5) is 18.4. The second-order valence-electron chi connectivity index (χ2n) is 6.63. The summed E-state index contributed by atoms with van der Waals surface area (Å²) in [7, 11) is 0. The first-order chi connectivity index (χ1) is 10.5. The molecule has 5 heteroatoms. The van der Waals surface area contributed by atoms with E-state index in [2.05, 4.69) is 0 Å². The highest BCUT2D eigenvalue weighted by Gasteiger charge is 2.51. The van der Waals surface area contributed by atoms with Gasteiger partial charge < -0.3 is 4.74 Å². The fraction of sp³-hybridized carbons (Fsp3) is 0.588. The van der Waals surface area contributed by atoms with Crippen molar-refractivity contribution >= 4 is 17.5 Å². The van der Waals surface area contributed by atoms with Gasteiger partial charge in [0.15, 0.2) is 6.29 Å². The van der Waals surface area contributed by atoms with E-state index in [0.29, 0.717) is 11.6 Å². The molecule has 0 N–H and O–H groups in total. The maximum Gasteiger partial charge on any atom is 0.257 e. The SMILES string of the molecule is CC1(C)C(=O)N(Cc2ccccc2Cl)OC1OC1CCCC1. The lowest BCUT2D eigenvalue weighted by Gasteiger charge is -2.24. The third-order valence-corrected chi connectivity index (χ3v) is 4.85. The first-order valence-electron chi connectivity index (χ1n) is 7.86. The van der Waals surface area contributed by atoms with Crippen LogP contribution in [-0.4, -0.2) is 23.4 Å². The molecule has 1 saturated carbocycles. The molecular formula is C17H22ClNO3. The largest absolute Gasteiger partial charge is 0.346 e. The predicted octanol–water partition coefficient (Wildman–Crippen LogP) is 3.93. The third-order valence-electron chi connectivity index (χ3n) is 4.48. The minimum absolute atomic E-state index is 0.0598. The Morgan fingerprint density at radius 1 is 1.32 bits per heavy atom. The first-order valence-corrected chi connectivity index (χ1v) is 8.24. The van der Waals surface area contributed by atoms with E-state index >= 15 is 0 Å². The van der Waals surface area contributed by atoms with Crippen LogP contribution in [0.3, 0.4) is 0 Å². The molecule has 1 aliphatic heterocycles. The molecule has 4 nitrogen and oxygen atoms in total. The average Bonchev–Trinajstić information content (AvgIpc) is 3.06. The number of amides is 1. The number of hydrogen-bond acceptors (Lipinski definition) is 3. The summed E-state index contributed by atoms with van der Waals surface area (Å²) in [6.07, 6.45) is 4.16. The van der Waals surface area contributed by atoms with E-state index in [4.69, 9.17) is 21.2 Å². The van der Waals surface area contributed by atoms with Gasteiger partial charge in [0.05, 0.1) is 18.1 Å². The van der Waals surface area contributed by atoms with Gasteiger partial charge in [0.2, 0.25) is 0 Å². The Balaban J connectivity index is 1.71. The Labute approximate surface area is 136 Å². The highest BCUT2D eigenvalue weighted by atomic mass is 35.5. The molecule has 1 atom stereocenters. The first kappa shape index (κ1) is 15.8. The van der Waals surface area contributed by atoms with Gasteiger partial charge in [0, 0.05) is 5.02 Å². The highest BCUT2D eigenvalue weighted by Crippen LogP contribution is 2.38. The van der Waals surface area contributed by atoms with Gasteiger partial charge in [-0.15, -0.1) is 0 Å². The number of hydroxylamine groups is 2. The molecule has 1 saturated heterocycles. The van der Waals surface area contributed by atoms with Crippen molar-refractivity contribution in [2.24, 2.45) is 5.41 Å². The van der Waals surface area contributed by atoms with Crippen molar-refractivity contribution in [1.82, 2.24) is 5.06 Å². The molecule has 0 aromatic heterocycles. The van der Waals surface area contributed by atoms with Gasteiger partial charge in [0.1, 0.15) is 0 Å². The Hall–Kier alpha value is -1.10. The maximum atomic E-state index is 12.6. The Bertz CT molecular complexity index is 555. The zero-order valence-corrected chi connectivity index (χ0v) is 13.8. The Morgan fingerprint density at radius 3 is 2.68 bits per heavy atom. The van der Waals surface area contributed by atoms with Crippen molar-refractivity contribution in [3.8, 4) is 0 Å². The number of carbonyl (C=O) groups is 1. The molecule has 3 rings (SSSR count). The van der Waals surface area contributed by atoms with E-state index in [1.54, 1.807) is 0 Å². The van der Waals surface area contributed by atoms with Crippen LogP contribution >= 0.6 is 11.6 Å². The summed E-state index contributed by atoms with van der Waals surface area (Å²) in [5, 5.41) is 2.03. The van der Waals surface area contributed by atoms with Gasteiger partial charge >= 0.3 is 0 Å². The molecule has 1 unspecified atom stereocenters. The lowest BCUT2D eigenvalue weighted by Crippen LogP contribution is -2.35. The van der Waals surface area contributed by atoms with E-state index in [1.807, 2.05) is 38.1 Å². The number of nitrogens with zero attached hydrogens (tertiary/aromatic N) is 1. The monoisotopic (exact) mass is 323 g/mol. The number of halogens is 1. The molecule has 0 spiro atoms. The van der Waals surface area contributed by atoms with E-state index in [-0.39, 0.29) is 12.0 Å². The molecule has 22 heavy (non-hydrogen) atoms. The van der Waals surface area contributed by atoms with Crippen LogP contribution in [0.1, 0.15) is 45.1 Å². The van der Waals surface area contributed by atoms with Crippen LogP contribution in [-0.2, 0) is 20.9 Å². The zero-order chi connectivity index (χ0) is 15.7. The van der Waals surface area contributed by atoms with Gasteiger partial charge in [-0.05, 0) is 38.3 Å². The number of carbonyl (C=O) groups excluding carboxylic acids is 1. The zero-order valence-electron chi connectivity index (χ0n) is 13.0. The predicted molar refractivity (Wildman–Crippen MR) is 84.0 cm³/mol. The molecule has 1 heterocycles. The van der Waals surface area contributed by atoms with Gasteiger partial charge in [-0.25, -0.2) is 9.90 Å². The van der Waals surface area contributed by atoms with Crippen LogP contribution in [0.4, 0.5) is 0 Å². The third kappa shape index (κ3) is 3.00. The molecule has 1 aromatic rings. The summed E-state index contributed by atoms with van der Waals surface area (Å²) >= 11 is 6.17. The number of ether oxygens (including phenoxy) is 1. The minimum Gasteiger partial charge on any atom is -0.346 e. The topological polar surface area (TPSA) is 38.8 Å². The van der Waals surface area contributed by atoms with Crippen molar-refractivity contribution in [3.05, 3.63) is 34.9 Å². The van der Waals surface area contributed by atoms with E-state index in [9.17, 15) is 4.79 Å². The quantitative estimate of drug-likeness (QED) is 0.842. The fourth-order valence-electron chi connectivity index (χ4n) is 3.00. The van der Waals surface area contributed by atoms with Gasteiger partial charge in [-0.3, -0.25) is 4.79 Å². The highest BCUT2D eigenvalue weighted by molar-refractivity contribution is 6.31. The standard InChI is InChI=1S/C17H22ClNO3/c1-17(2)15(20)19(11-12-7-3-6-10-14(12)18)22-16(17)21-13-8-4-5-9-13/h3,6-7,10,13,16H,4-5,8-9,11H2,1-2H3. The van der Waals surface area contributed by atoms with Crippen molar-refractivity contribution in [2.45, 2.75) is 58.5 Å². The second-order valence-corrected chi connectivity index (χ2v) is 7.04. The van der Waals surface area contributed by atoms with E-state index in [1.165, 1.54) is 17.9 Å². The summed E-state index contributed by atoms with van der Waals surface area (Å²) in [6, 6.07) is 7.49. The normalized spacial score (nSPS) is 25.1. The summed E-state index contributed by atoms with van der Waals surface area (Å²) < 4.78 is 6.04. The minimum atomic E-state index is -0.677. The van der Waals surface area contributed by atoms with Crippen LogP contribution in [0.15, 0.2) is 24.3 Å². The van der Waals surface area contributed by atoms with Crippen molar-refractivity contribution in [3.63, 3.8) is 0 Å².